The smallest absolute Gasteiger partial charge is 0.302 e. The van der Waals surface area contributed by atoms with Crippen molar-refractivity contribution < 1.29 is 9.53 Å². The Bertz CT molecular complexity index is 372. The average Bonchev–Trinajstić information content (AvgIpc) is 2.30. The van der Waals surface area contributed by atoms with Crippen LogP contribution in [0, 0.1) is 0 Å². The van der Waals surface area contributed by atoms with Crippen molar-refractivity contribution in [1.29, 1.82) is 0 Å². The van der Waals surface area contributed by atoms with Gasteiger partial charge in [-0.25, -0.2) is 0 Å². The first-order chi connectivity index (χ1) is 7.74. The van der Waals surface area contributed by atoms with Gasteiger partial charge >= 0.3 is 5.97 Å². The van der Waals surface area contributed by atoms with Gasteiger partial charge in [0.15, 0.2) is 0 Å². The quantitative estimate of drug-likeness (QED) is 0.681. The first-order valence-corrected chi connectivity index (χ1v) is 5.47. The fourth-order valence-electron chi connectivity index (χ4n) is 1.43. The van der Waals surface area contributed by atoms with Crippen LogP contribution in [0.15, 0.2) is 29.3 Å². The minimum absolute atomic E-state index is 0.211. The summed E-state index contributed by atoms with van der Waals surface area (Å²) in [7, 11) is 0. The Morgan fingerprint density at radius 2 is 2.19 bits per heavy atom. The van der Waals surface area contributed by atoms with E-state index in [-0.39, 0.29) is 5.97 Å². The molecule has 0 aliphatic carbocycles. The van der Waals surface area contributed by atoms with Gasteiger partial charge in [-0.2, -0.15) is 0 Å². The number of ether oxygens (including phenoxy) is 1. The molecule has 1 aliphatic heterocycles. The van der Waals surface area contributed by atoms with Gasteiger partial charge in [0.2, 0.25) is 0 Å². The molecule has 0 bridgehead atoms. The summed E-state index contributed by atoms with van der Waals surface area (Å²) in [6.45, 7) is 3.65. The number of aryl methyl sites for hydroxylation is 1. The zero-order valence-electron chi connectivity index (χ0n) is 9.77. The molecular weight excluding hydrogens is 202 g/mol. The Morgan fingerprint density at radius 1 is 1.44 bits per heavy atom. The highest BCUT2D eigenvalue weighted by molar-refractivity contribution is 5.68. The van der Waals surface area contributed by atoms with Gasteiger partial charge in [0.25, 0.3) is 0 Å². The van der Waals surface area contributed by atoms with E-state index in [2.05, 4.69) is 27.9 Å². The molecule has 0 N–H and O–H groups in total. The number of carbonyl (C=O) groups excluding carboxylic acids is 1. The molecule has 3 nitrogen and oxygen atoms in total. The molecule has 0 radical (unpaired) electrons. The molecule has 3 heteroatoms. The number of benzene rings is 1. The largest absolute Gasteiger partial charge is 0.466 e. The summed E-state index contributed by atoms with van der Waals surface area (Å²) < 4.78 is 4.40. The maximum Gasteiger partial charge on any atom is 0.302 e. The lowest BCUT2D eigenvalue weighted by Gasteiger charge is -2.07. The van der Waals surface area contributed by atoms with Crippen LogP contribution in [0.1, 0.15) is 25.8 Å². The summed E-state index contributed by atoms with van der Waals surface area (Å²) in [5, 5.41) is 0. The normalized spacial score (nSPS) is 12.1. The SMILES string of the molecule is C1=Nc2ccccc2CC1.CCOC(C)=O. The number of rotatable bonds is 1. The summed E-state index contributed by atoms with van der Waals surface area (Å²) in [5.74, 6) is -0.211. The number of esters is 1. The lowest BCUT2D eigenvalue weighted by atomic mass is 10.1. The van der Waals surface area contributed by atoms with Crippen molar-refractivity contribution in [3.05, 3.63) is 29.8 Å². The lowest BCUT2D eigenvalue weighted by molar-refractivity contribution is -0.140. The van der Waals surface area contributed by atoms with Crippen LogP contribution in [-0.2, 0) is 16.0 Å². The number of carbonyl (C=O) groups is 1. The van der Waals surface area contributed by atoms with Gasteiger partial charge in [0.1, 0.15) is 0 Å². The van der Waals surface area contributed by atoms with Crippen LogP contribution < -0.4 is 0 Å². The third kappa shape index (κ3) is 4.26. The zero-order valence-corrected chi connectivity index (χ0v) is 9.77. The monoisotopic (exact) mass is 219 g/mol. The van der Waals surface area contributed by atoms with E-state index in [1.54, 1.807) is 6.92 Å². The van der Waals surface area contributed by atoms with E-state index in [0.717, 1.165) is 18.5 Å². The van der Waals surface area contributed by atoms with E-state index in [4.69, 9.17) is 0 Å². The summed E-state index contributed by atoms with van der Waals surface area (Å²) in [6, 6.07) is 8.30. The number of hydrogen-bond donors (Lipinski definition) is 0. The number of para-hydroxylation sites is 1. The second kappa shape index (κ2) is 6.77. The van der Waals surface area contributed by atoms with E-state index in [0.29, 0.717) is 6.61 Å². The summed E-state index contributed by atoms with van der Waals surface area (Å²) in [4.78, 5) is 14.1. The van der Waals surface area contributed by atoms with Crippen LogP contribution in [0.25, 0.3) is 0 Å². The number of hydrogen-bond acceptors (Lipinski definition) is 3. The van der Waals surface area contributed by atoms with E-state index in [9.17, 15) is 4.79 Å². The highest BCUT2D eigenvalue weighted by atomic mass is 16.5. The van der Waals surface area contributed by atoms with Crippen LogP contribution in [-0.4, -0.2) is 18.8 Å². The first kappa shape index (κ1) is 12.4. The standard InChI is InChI=1S/C9H9N.C4H8O2/c1-2-6-9-8(4-1)5-3-7-10-9;1-3-6-4(2)5/h1-2,4,6-7H,3,5H2;3H2,1-2H3. The summed E-state index contributed by atoms with van der Waals surface area (Å²) >= 11 is 0. The Labute approximate surface area is 96.2 Å². The molecule has 0 spiro atoms. The van der Waals surface area contributed by atoms with Crippen LogP contribution >= 0.6 is 0 Å². The summed E-state index contributed by atoms with van der Waals surface area (Å²) in [5.41, 5.74) is 2.53. The van der Waals surface area contributed by atoms with Gasteiger partial charge < -0.3 is 4.74 Å². The molecule has 1 aliphatic rings. The maximum atomic E-state index is 9.82. The minimum Gasteiger partial charge on any atom is -0.466 e. The highest BCUT2D eigenvalue weighted by Crippen LogP contribution is 2.22. The van der Waals surface area contributed by atoms with Crippen LogP contribution in [0.5, 0.6) is 0 Å². The molecule has 0 saturated heterocycles. The molecule has 1 aromatic rings. The van der Waals surface area contributed by atoms with Gasteiger partial charge in [-0.1, -0.05) is 18.2 Å². The number of fused-ring (bicyclic) bond motifs is 1. The molecule has 0 saturated carbocycles. The Balaban J connectivity index is 0.000000187. The van der Waals surface area contributed by atoms with Crippen molar-refractivity contribution >= 4 is 17.9 Å². The predicted octanol–water partition coefficient (Wildman–Crippen LogP) is 2.90. The first-order valence-electron chi connectivity index (χ1n) is 5.47. The zero-order chi connectivity index (χ0) is 11.8. The second-order valence-corrected chi connectivity index (χ2v) is 3.40. The van der Waals surface area contributed by atoms with Crippen molar-refractivity contribution in [3.63, 3.8) is 0 Å². The predicted molar refractivity (Wildman–Crippen MR) is 65.2 cm³/mol. The van der Waals surface area contributed by atoms with Gasteiger partial charge in [-0.15, -0.1) is 0 Å². The molecule has 86 valence electrons. The molecule has 16 heavy (non-hydrogen) atoms. The van der Waals surface area contributed by atoms with Crippen molar-refractivity contribution in [1.82, 2.24) is 0 Å². The second-order valence-electron chi connectivity index (χ2n) is 3.40. The third-order valence-corrected chi connectivity index (χ3v) is 2.11. The molecular formula is C13H17NO2. The molecule has 0 aromatic heterocycles. The van der Waals surface area contributed by atoms with Crippen molar-refractivity contribution in [2.24, 2.45) is 4.99 Å². The minimum atomic E-state index is -0.211. The molecule has 1 aromatic carbocycles. The van der Waals surface area contributed by atoms with E-state index in [1.165, 1.54) is 12.5 Å². The van der Waals surface area contributed by atoms with E-state index >= 15 is 0 Å². The Morgan fingerprint density at radius 3 is 2.75 bits per heavy atom. The van der Waals surface area contributed by atoms with Gasteiger partial charge in [0.05, 0.1) is 12.3 Å². The van der Waals surface area contributed by atoms with Crippen LogP contribution in [0.2, 0.25) is 0 Å². The van der Waals surface area contributed by atoms with Gasteiger partial charge in [-0.05, 0) is 31.4 Å². The third-order valence-electron chi connectivity index (χ3n) is 2.11. The van der Waals surface area contributed by atoms with Crippen LogP contribution in [0.3, 0.4) is 0 Å². The number of aliphatic imine (C=N–C) groups is 1. The van der Waals surface area contributed by atoms with Crippen molar-refractivity contribution in [2.75, 3.05) is 6.61 Å². The van der Waals surface area contributed by atoms with Gasteiger partial charge in [-0.3, -0.25) is 9.79 Å². The Kier molecular flexibility index (Phi) is 5.26. The molecule has 2 rings (SSSR count). The fraction of sp³-hybridized carbons (Fsp3) is 0.385. The van der Waals surface area contributed by atoms with Crippen LogP contribution in [0.4, 0.5) is 5.69 Å². The van der Waals surface area contributed by atoms with Crippen molar-refractivity contribution in [2.45, 2.75) is 26.7 Å². The topological polar surface area (TPSA) is 38.7 Å². The van der Waals surface area contributed by atoms with Crippen molar-refractivity contribution in [3.8, 4) is 0 Å². The molecule has 0 atom stereocenters. The highest BCUT2D eigenvalue weighted by Gasteiger charge is 2.01. The van der Waals surface area contributed by atoms with Gasteiger partial charge in [0, 0.05) is 13.1 Å². The fourth-order valence-corrected chi connectivity index (χ4v) is 1.43. The molecule has 0 unspecified atom stereocenters. The molecule has 0 amide bonds. The summed E-state index contributed by atoms with van der Waals surface area (Å²) in [6.07, 6.45) is 4.24. The Hall–Kier alpha value is -1.64. The lowest BCUT2D eigenvalue weighted by Crippen LogP contribution is -1.95. The average molecular weight is 219 g/mol. The molecule has 1 heterocycles. The van der Waals surface area contributed by atoms with E-state index in [1.807, 2.05) is 12.3 Å². The van der Waals surface area contributed by atoms with E-state index < -0.39 is 0 Å². The number of nitrogens with zero attached hydrogens (tertiary/aromatic N) is 1. The maximum absolute atomic E-state index is 9.82. The molecule has 0 fully saturated rings.